The van der Waals surface area contributed by atoms with Gasteiger partial charge in [-0.25, -0.2) is 0 Å². The van der Waals surface area contributed by atoms with Crippen LogP contribution in [0, 0.1) is 11.3 Å². The van der Waals surface area contributed by atoms with Crippen LogP contribution in [-0.2, 0) is 0 Å². The number of furan rings is 1. The first-order chi connectivity index (χ1) is 26.2. The summed E-state index contributed by atoms with van der Waals surface area (Å²) in [4.78, 5) is 0. The highest BCUT2D eigenvalue weighted by atomic mass is 16.3. The van der Waals surface area contributed by atoms with Crippen LogP contribution in [0.1, 0.15) is 5.56 Å². The van der Waals surface area contributed by atoms with Crippen molar-refractivity contribution in [3.05, 3.63) is 181 Å². The molecule has 246 valence electrons. The Kier molecular flexibility index (Phi) is 6.28. The Morgan fingerprint density at radius 2 is 1.00 bits per heavy atom. The quantitative estimate of drug-likeness (QED) is 0.186. The van der Waals surface area contributed by atoms with Gasteiger partial charge in [-0.05, 0) is 82.9 Å². The molecule has 0 radical (unpaired) electrons. The van der Waals surface area contributed by atoms with E-state index in [-0.39, 0.29) is 0 Å². The van der Waals surface area contributed by atoms with Crippen LogP contribution in [0.5, 0.6) is 0 Å². The van der Waals surface area contributed by atoms with E-state index in [1.165, 1.54) is 10.8 Å². The lowest BCUT2D eigenvalue weighted by Crippen LogP contribution is -2.00. The minimum atomic E-state index is 0.640. The van der Waals surface area contributed by atoms with Crippen molar-refractivity contribution in [2.45, 2.75) is 0 Å². The molecule has 3 aromatic heterocycles. The average molecular weight is 676 g/mol. The number of hydrogen-bond donors (Lipinski definition) is 0. The second kappa shape index (κ2) is 11.3. The smallest absolute Gasteiger partial charge is 0.145 e. The van der Waals surface area contributed by atoms with Gasteiger partial charge in [-0.2, -0.15) is 5.26 Å². The second-order valence-corrected chi connectivity index (χ2v) is 13.6. The van der Waals surface area contributed by atoms with Gasteiger partial charge in [-0.3, -0.25) is 0 Å². The molecule has 53 heavy (non-hydrogen) atoms. The predicted molar refractivity (Wildman–Crippen MR) is 218 cm³/mol. The summed E-state index contributed by atoms with van der Waals surface area (Å²) in [5.74, 6) is 0. The van der Waals surface area contributed by atoms with Gasteiger partial charge in [0.15, 0.2) is 0 Å². The van der Waals surface area contributed by atoms with Crippen molar-refractivity contribution in [2.24, 2.45) is 0 Å². The van der Waals surface area contributed by atoms with E-state index in [4.69, 9.17) is 4.42 Å². The molecule has 0 saturated heterocycles. The zero-order valence-corrected chi connectivity index (χ0v) is 28.5. The molecule has 0 unspecified atom stereocenters. The van der Waals surface area contributed by atoms with Gasteiger partial charge in [0.1, 0.15) is 11.2 Å². The molecule has 0 fully saturated rings. The zero-order valence-electron chi connectivity index (χ0n) is 28.5. The number of para-hydroxylation sites is 4. The topological polar surface area (TPSA) is 46.8 Å². The molecule has 4 heteroatoms. The molecule has 3 heterocycles. The van der Waals surface area contributed by atoms with E-state index < -0.39 is 0 Å². The first kappa shape index (κ1) is 29.4. The summed E-state index contributed by atoms with van der Waals surface area (Å²) >= 11 is 0. The molecular weight excluding hydrogens is 647 g/mol. The Balaban J connectivity index is 1.23. The zero-order chi connectivity index (χ0) is 35.0. The van der Waals surface area contributed by atoms with Crippen molar-refractivity contribution in [2.75, 3.05) is 0 Å². The molecule has 0 spiro atoms. The molecule has 11 rings (SSSR count). The van der Waals surface area contributed by atoms with Crippen LogP contribution >= 0.6 is 0 Å². The van der Waals surface area contributed by atoms with Crippen LogP contribution in [0.2, 0.25) is 0 Å². The molecule has 8 aromatic carbocycles. The molecule has 4 nitrogen and oxygen atoms in total. The van der Waals surface area contributed by atoms with Crippen molar-refractivity contribution < 1.29 is 4.42 Å². The average Bonchev–Trinajstić information content (AvgIpc) is 3.88. The third kappa shape index (κ3) is 4.35. The fourth-order valence-electron chi connectivity index (χ4n) is 8.42. The molecule has 0 saturated carbocycles. The Morgan fingerprint density at radius 3 is 1.70 bits per heavy atom. The monoisotopic (exact) mass is 675 g/mol. The van der Waals surface area contributed by atoms with Crippen LogP contribution in [-0.4, -0.2) is 9.13 Å². The van der Waals surface area contributed by atoms with E-state index in [1.807, 2.05) is 36.4 Å². The Hall–Kier alpha value is -7.35. The Labute approximate surface area is 304 Å². The predicted octanol–water partition coefficient (Wildman–Crippen LogP) is 13.0. The highest BCUT2D eigenvalue weighted by Gasteiger charge is 2.21. The molecule has 0 aliphatic rings. The van der Waals surface area contributed by atoms with E-state index >= 15 is 0 Å². The highest BCUT2D eigenvalue weighted by Crippen LogP contribution is 2.42. The summed E-state index contributed by atoms with van der Waals surface area (Å²) in [6, 6.07) is 64.2. The van der Waals surface area contributed by atoms with E-state index in [0.29, 0.717) is 5.56 Å². The lowest BCUT2D eigenvalue weighted by molar-refractivity contribution is 0.673. The van der Waals surface area contributed by atoms with Gasteiger partial charge < -0.3 is 13.6 Å². The van der Waals surface area contributed by atoms with Crippen LogP contribution in [0.25, 0.3) is 99.2 Å². The maximum atomic E-state index is 10.4. The van der Waals surface area contributed by atoms with Gasteiger partial charge in [0.05, 0.1) is 39.1 Å². The molecule has 0 aliphatic heterocycles. The van der Waals surface area contributed by atoms with E-state index in [1.54, 1.807) is 0 Å². The van der Waals surface area contributed by atoms with Crippen LogP contribution in [0.4, 0.5) is 0 Å². The third-order valence-electron chi connectivity index (χ3n) is 10.7. The van der Waals surface area contributed by atoms with Crippen LogP contribution < -0.4 is 0 Å². The fraction of sp³-hybridized carbons (Fsp3) is 0. The van der Waals surface area contributed by atoms with Crippen LogP contribution in [0.15, 0.2) is 180 Å². The minimum Gasteiger partial charge on any atom is -0.455 e. The number of nitrogens with zero attached hydrogens (tertiary/aromatic N) is 3. The highest BCUT2D eigenvalue weighted by molar-refractivity contribution is 6.24. The number of aromatic nitrogens is 2. The summed E-state index contributed by atoms with van der Waals surface area (Å²) in [7, 11) is 0. The largest absolute Gasteiger partial charge is 0.455 e. The lowest BCUT2D eigenvalue weighted by Gasteiger charge is -2.16. The number of benzene rings is 8. The summed E-state index contributed by atoms with van der Waals surface area (Å²) in [6.07, 6.45) is 0. The van der Waals surface area contributed by atoms with Gasteiger partial charge in [-0.1, -0.05) is 115 Å². The molecule has 0 amide bonds. The Morgan fingerprint density at radius 1 is 0.415 bits per heavy atom. The molecular formula is C49H29N3O. The van der Waals surface area contributed by atoms with Gasteiger partial charge in [-0.15, -0.1) is 0 Å². The molecule has 0 bridgehead atoms. The summed E-state index contributed by atoms with van der Waals surface area (Å²) in [5, 5.41) is 17.3. The molecule has 0 atom stereocenters. The number of nitriles is 1. The van der Waals surface area contributed by atoms with Crippen LogP contribution in [0.3, 0.4) is 0 Å². The Bertz CT molecular complexity index is 3250. The van der Waals surface area contributed by atoms with Crippen molar-refractivity contribution in [1.82, 2.24) is 9.13 Å². The lowest BCUT2D eigenvalue weighted by atomic mass is 9.95. The van der Waals surface area contributed by atoms with Gasteiger partial charge >= 0.3 is 0 Å². The summed E-state index contributed by atoms with van der Waals surface area (Å²) in [6.45, 7) is 0. The van der Waals surface area contributed by atoms with Gasteiger partial charge in [0, 0.05) is 38.3 Å². The standard InChI is InChI=1S/C49H29N3O/c50-30-34-26-32(22-23-37(34)31-12-2-1-3-13-31)33-27-35(51-43-18-8-4-14-38(43)39-15-5-9-19-44(39)51)29-36(28-33)52-45-20-10-6-17-42(45)48-46(52)25-24-41-40-16-7-11-21-47(40)53-49(41)48/h1-29H. The second-order valence-electron chi connectivity index (χ2n) is 13.6. The molecule has 0 aliphatic carbocycles. The minimum absolute atomic E-state index is 0.640. The SMILES string of the molecule is N#Cc1cc(-c2cc(-n3c4ccccc4c4ccccc43)cc(-n3c4ccccc4c4c5oc6ccccc6c5ccc43)c2)ccc1-c1ccccc1. The van der Waals surface area contributed by atoms with E-state index in [2.05, 4.69) is 155 Å². The third-order valence-corrected chi connectivity index (χ3v) is 10.7. The fourth-order valence-corrected chi connectivity index (χ4v) is 8.42. The van der Waals surface area contributed by atoms with Crippen molar-refractivity contribution in [3.8, 4) is 39.7 Å². The number of hydrogen-bond acceptors (Lipinski definition) is 2. The summed E-state index contributed by atoms with van der Waals surface area (Å²) < 4.78 is 11.4. The maximum Gasteiger partial charge on any atom is 0.145 e. The van der Waals surface area contributed by atoms with Gasteiger partial charge in [0.2, 0.25) is 0 Å². The van der Waals surface area contributed by atoms with Crippen molar-refractivity contribution in [1.29, 1.82) is 5.26 Å². The first-order valence-corrected chi connectivity index (χ1v) is 17.8. The first-order valence-electron chi connectivity index (χ1n) is 17.8. The normalized spacial score (nSPS) is 11.8. The van der Waals surface area contributed by atoms with Crippen molar-refractivity contribution in [3.63, 3.8) is 0 Å². The van der Waals surface area contributed by atoms with Gasteiger partial charge in [0.25, 0.3) is 0 Å². The molecule has 11 aromatic rings. The number of fused-ring (bicyclic) bond motifs is 10. The maximum absolute atomic E-state index is 10.4. The molecule has 0 N–H and O–H groups in total. The van der Waals surface area contributed by atoms with Crippen molar-refractivity contribution >= 4 is 65.6 Å². The summed E-state index contributed by atoms with van der Waals surface area (Å²) in [5.41, 5.74) is 12.9. The van der Waals surface area contributed by atoms with E-state index in [9.17, 15) is 5.26 Å². The number of rotatable bonds is 4. The van der Waals surface area contributed by atoms with E-state index in [0.717, 1.165) is 88.4 Å².